The van der Waals surface area contributed by atoms with E-state index in [1.807, 2.05) is 24.3 Å². The summed E-state index contributed by atoms with van der Waals surface area (Å²) in [4.78, 5) is 0. The maximum Gasteiger partial charge on any atom is 0.123 e. The second-order valence-electron chi connectivity index (χ2n) is 2.58. The molecule has 0 aliphatic rings. The van der Waals surface area contributed by atoms with Gasteiger partial charge in [0.2, 0.25) is 0 Å². The van der Waals surface area contributed by atoms with E-state index in [2.05, 4.69) is 15.9 Å². The summed E-state index contributed by atoms with van der Waals surface area (Å²) >= 11 is 8.78. The van der Waals surface area contributed by atoms with Gasteiger partial charge in [0.05, 0.1) is 0 Å². The van der Waals surface area contributed by atoms with Gasteiger partial charge < -0.3 is 5.11 Å². The predicted molar refractivity (Wildman–Crippen MR) is 60.2 cm³/mol. The first-order valence-electron chi connectivity index (χ1n) is 3.95. The Balaban J connectivity index is 2.77. The molecule has 0 saturated carbocycles. The zero-order valence-corrected chi connectivity index (χ0v) is 9.35. The summed E-state index contributed by atoms with van der Waals surface area (Å²) in [5, 5.41) is 9.48. The van der Waals surface area contributed by atoms with Crippen LogP contribution in [0.1, 0.15) is 12.0 Å². The first-order valence-corrected chi connectivity index (χ1v) is 5.28. The number of rotatable bonds is 3. The van der Waals surface area contributed by atoms with E-state index in [-0.39, 0.29) is 5.75 Å². The van der Waals surface area contributed by atoms with Crippen molar-refractivity contribution in [2.24, 2.45) is 0 Å². The van der Waals surface area contributed by atoms with Gasteiger partial charge in [0.15, 0.2) is 0 Å². The van der Waals surface area contributed by atoms with Crippen LogP contribution >= 0.6 is 27.5 Å². The zero-order chi connectivity index (χ0) is 9.68. The van der Waals surface area contributed by atoms with Crippen molar-refractivity contribution < 1.29 is 5.11 Å². The van der Waals surface area contributed by atoms with Gasteiger partial charge >= 0.3 is 0 Å². The number of allylic oxidation sites excluding steroid dienone is 1. The Kier molecular flexibility index (Phi) is 4.33. The topological polar surface area (TPSA) is 20.2 Å². The van der Waals surface area contributed by atoms with Crippen molar-refractivity contribution in [1.82, 2.24) is 0 Å². The van der Waals surface area contributed by atoms with Gasteiger partial charge in [0.1, 0.15) is 5.75 Å². The normalized spacial score (nSPS) is 10.9. The fourth-order valence-electron chi connectivity index (χ4n) is 0.931. The van der Waals surface area contributed by atoms with Gasteiger partial charge in [-0.05, 0) is 18.6 Å². The molecule has 0 spiro atoms. The van der Waals surface area contributed by atoms with Crippen LogP contribution in [-0.2, 0) is 0 Å². The van der Waals surface area contributed by atoms with E-state index in [4.69, 9.17) is 11.6 Å². The fraction of sp³-hybridized carbons (Fsp3) is 0.200. The predicted octanol–water partition coefficient (Wildman–Crippen LogP) is 3.80. The molecule has 0 aliphatic carbocycles. The summed E-state index contributed by atoms with van der Waals surface area (Å²) < 4.78 is 0.875. The van der Waals surface area contributed by atoms with Crippen LogP contribution in [-0.4, -0.2) is 11.0 Å². The van der Waals surface area contributed by atoms with Crippen molar-refractivity contribution in [3.05, 3.63) is 34.3 Å². The van der Waals surface area contributed by atoms with Gasteiger partial charge in [-0.3, -0.25) is 0 Å². The summed E-state index contributed by atoms with van der Waals surface area (Å²) in [5.41, 5.74) is 0.813. The van der Waals surface area contributed by atoms with Crippen LogP contribution in [0.2, 0.25) is 0 Å². The average Bonchev–Trinajstić information content (AvgIpc) is 2.09. The van der Waals surface area contributed by atoms with Gasteiger partial charge in [-0.25, -0.2) is 0 Å². The maximum atomic E-state index is 9.48. The molecular weight excluding hydrogens is 251 g/mol. The first-order chi connectivity index (χ1) is 6.24. The van der Waals surface area contributed by atoms with Gasteiger partial charge in [-0.2, -0.15) is 0 Å². The molecule has 0 aromatic heterocycles. The van der Waals surface area contributed by atoms with Crippen LogP contribution in [0.25, 0.3) is 6.08 Å². The van der Waals surface area contributed by atoms with E-state index in [9.17, 15) is 5.11 Å². The Hall–Kier alpha value is -0.470. The van der Waals surface area contributed by atoms with Crippen molar-refractivity contribution in [3.8, 4) is 5.75 Å². The Bertz CT molecular complexity index is 310. The number of halogens is 2. The smallest absolute Gasteiger partial charge is 0.123 e. The second kappa shape index (κ2) is 5.30. The molecule has 1 aromatic rings. The van der Waals surface area contributed by atoms with E-state index >= 15 is 0 Å². The molecule has 1 N–H and O–H groups in total. The van der Waals surface area contributed by atoms with Crippen molar-refractivity contribution in [1.29, 1.82) is 0 Å². The minimum Gasteiger partial charge on any atom is -0.507 e. The van der Waals surface area contributed by atoms with E-state index in [1.54, 1.807) is 6.07 Å². The molecule has 0 unspecified atom stereocenters. The Morgan fingerprint density at radius 3 is 2.85 bits per heavy atom. The monoisotopic (exact) mass is 260 g/mol. The molecule has 0 atom stereocenters. The highest BCUT2D eigenvalue weighted by Crippen LogP contribution is 2.23. The van der Waals surface area contributed by atoms with E-state index < -0.39 is 0 Å². The number of hydrogen-bond donors (Lipinski definition) is 1. The van der Waals surface area contributed by atoms with E-state index in [0.29, 0.717) is 5.88 Å². The van der Waals surface area contributed by atoms with Crippen LogP contribution in [0.4, 0.5) is 0 Å². The van der Waals surface area contributed by atoms with Gasteiger partial charge in [-0.15, -0.1) is 11.6 Å². The van der Waals surface area contributed by atoms with Crippen LogP contribution in [0.3, 0.4) is 0 Å². The summed E-state index contributed by atoms with van der Waals surface area (Å²) in [6.45, 7) is 0. The summed E-state index contributed by atoms with van der Waals surface area (Å²) in [5.74, 6) is 0.883. The number of benzene rings is 1. The standard InChI is InChI=1S/C10H10BrClO/c11-9-5-4-8(10(13)7-9)3-1-2-6-12/h1,3-5,7,13H,2,6H2. The minimum absolute atomic E-state index is 0.278. The second-order valence-corrected chi connectivity index (χ2v) is 3.88. The molecule has 70 valence electrons. The van der Waals surface area contributed by atoms with Crippen LogP contribution in [0.5, 0.6) is 5.75 Å². The lowest BCUT2D eigenvalue weighted by Crippen LogP contribution is -1.75. The molecule has 0 fully saturated rings. The number of hydrogen-bond acceptors (Lipinski definition) is 1. The highest BCUT2D eigenvalue weighted by atomic mass is 79.9. The molecular formula is C10H10BrClO. The van der Waals surface area contributed by atoms with E-state index in [1.165, 1.54) is 0 Å². The number of phenolic OH excluding ortho intramolecular Hbond substituents is 1. The number of alkyl halides is 1. The van der Waals surface area contributed by atoms with Crippen molar-refractivity contribution in [2.45, 2.75) is 6.42 Å². The Morgan fingerprint density at radius 2 is 2.23 bits per heavy atom. The Morgan fingerprint density at radius 1 is 1.46 bits per heavy atom. The third kappa shape index (κ3) is 3.41. The fourth-order valence-corrected chi connectivity index (χ4v) is 1.41. The summed E-state index contributed by atoms with van der Waals surface area (Å²) in [6.07, 6.45) is 4.62. The molecule has 1 rings (SSSR count). The Labute approximate surface area is 91.2 Å². The van der Waals surface area contributed by atoms with Crippen molar-refractivity contribution >= 4 is 33.6 Å². The lowest BCUT2D eigenvalue weighted by Gasteiger charge is -1.98. The molecule has 0 saturated heterocycles. The molecule has 0 bridgehead atoms. The summed E-state index contributed by atoms with van der Waals surface area (Å²) in [7, 11) is 0. The van der Waals surface area contributed by atoms with Gasteiger partial charge in [0.25, 0.3) is 0 Å². The van der Waals surface area contributed by atoms with Crippen LogP contribution in [0.15, 0.2) is 28.7 Å². The average molecular weight is 262 g/mol. The van der Waals surface area contributed by atoms with Crippen LogP contribution < -0.4 is 0 Å². The number of phenols is 1. The molecule has 13 heavy (non-hydrogen) atoms. The van der Waals surface area contributed by atoms with Gasteiger partial charge in [-0.1, -0.05) is 34.1 Å². The molecule has 1 aromatic carbocycles. The minimum atomic E-state index is 0.278. The first kappa shape index (κ1) is 10.6. The molecule has 0 amide bonds. The lowest BCUT2D eigenvalue weighted by atomic mass is 10.2. The van der Waals surface area contributed by atoms with Crippen molar-refractivity contribution in [2.75, 3.05) is 5.88 Å². The highest BCUT2D eigenvalue weighted by Gasteiger charge is 1.96. The number of aromatic hydroxyl groups is 1. The van der Waals surface area contributed by atoms with Crippen molar-refractivity contribution in [3.63, 3.8) is 0 Å². The summed E-state index contributed by atoms with van der Waals surface area (Å²) in [6, 6.07) is 5.41. The SMILES string of the molecule is Oc1cc(Br)ccc1C=CCCCl. The maximum absolute atomic E-state index is 9.48. The molecule has 1 nitrogen and oxygen atoms in total. The largest absolute Gasteiger partial charge is 0.507 e. The molecule has 0 radical (unpaired) electrons. The third-order valence-corrected chi connectivity index (χ3v) is 2.28. The zero-order valence-electron chi connectivity index (χ0n) is 7.00. The quantitative estimate of drug-likeness (QED) is 0.821. The molecule has 3 heteroatoms. The molecule has 0 aliphatic heterocycles. The van der Waals surface area contributed by atoms with Crippen LogP contribution in [0, 0.1) is 0 Å². The van der Waals surface area contributed by atoms with Gasteiger partial charge in [0, 0.05) is 15.9 Å². The third-order valence-electron chi connectivity index (χ3n) is 1.57. The van der Waals surface area contributed by atoms with E-state index in [0.717, 1.165) is 16.5 Å². The molecule has 0 heterocycles. The highest BCUT2D eigenvalue weighted by molar-refractivity contribution is 9.10. The lowest BCUT2D eigenvalue weighted by molar-refractivity contribution is 0.473.